The summed E-state index contributed by atoms with van der Waals surface area (Å²) >= 11 is 3.46. The Hall–Kier alpha value is -3.34. The van der Waals surface area contributed by atoms with Gasteiger partial charge in [0, 0.05) is 30.2 Å². The molecule has 1 atom stereocenters. The number of benzene rings is 3. The fourth-order valence-corrected chi connectivity index (χ4v) is 8.39. The van der Waals surface area contributed by atoms with Crippen LogP contribution in [-0.2, 0) is 27.7 Å². The second-order valence-electron chi connectivity index (χ2n) is 9.68. The number of fused-ring (bicyclic) bond motifs is 3. The lowest BCUT2D eigenvalue weighted by molar-refractivity contribution is -0.116. The first kappa shape index (κ1) is 25.0. The van der Waals surface area contributed by atoms with Crippen molar-refractivity contribution in [2.24, 2.45) is 0 Å². The summed E-state index contributed by atoms with van der Waals surface area (Å²) in [6.07, 6.45) is 1.14. The quantitative estimate of drug-likeness (QED) is 0.427. The lowest BCUT2D eigenvalue weighted by atomic mass is 9.94. The van der Waals surface area contributed by atoms with Crippen LogP contribution in [0, 0.1) is 0 Å². The molecule has 0 fully saturated rings. The van der Waals surface area contributed by atoms with E-state index in [0.29, 0.717) is 40.7 Å². The number of sulfonamides is 1. The lowest BCUT2D eigenvalue weighted by Crippen LogP contribution is -2.46. The summed E-state index contributed by atoms with van der Waals surface area (Å²) in [6.45, 7) is 2.04. The summed E-state index contributed by atoms with van der Waals surface area (Å²) in [5.74, 6) is -1.01. The van der Waals surface area contributed by atoms with Crippen LogP contribution in [0.2, 0.25) is 0 Å². The third-order valence-electron chi connectivity index (χ3n) is 7.59. The van der Waals surface area contributed by atoms with Crippen molar-refractivity contribution < 1.29 is 22.8 Å². The van der Waals surface area contributed by atoms with E-state index in [-0.39, 0.29) is 23.9 Å². The summed E-state index contributed by atoms with van der Waals surface area (Å²) in [6, 6.07) is 16.7. The number of hydrogen-bond donors (Lipinski definition) is 0. The zero-order chi connectivity index (χ0) is 26.8. The minimum Gasteiger partial charge on any atom is -0.312 e. The van der Waals surface area contributed by atoms with Crippen LogP contribution in [0.5, 0.6) is 0 Å². The van der Waals surface area contributed by atoms with Crippen molar-refractivity contribution in [1.29, 1.82) is 0 Å². The van der Waals surface area contributed by atoms with Gasteiger partial charge in [-0.2, -0.15) is 4.31 Å². The maximum Gasteiger partial charge on any atom is 0.261 e. The second-order valence-corrected chi connectivity index (χ2v) is 12.4. The molecule has 3 heterocycles. The number of rotatable bonds is 4. The van der Waals surface area contributed by atoms with Crippen LogP contribution in [0.1, 0.15) is 50.4 Å². The second kappa shape index (κ2) is 9.14. The molecule has 0 radical (unpaired) electrons. The van der Waals surface area contributed by atoms with Gasteiger partial charge in [0.2, 0.25) is 15.9 Å². The van der Waals surface area contributed by atoms with E-state index in [1.165, 1.54) is 11.2 Å². The molecule has 3 aromatic carbocycles. The van der Waals surface area contributed by atoms with Gasteiger partial charge in [-0.1, -0.05) is 36.4 Å². The van der Waals surface area contributed by atoms with Crippen LogP contribution in [0.3, 0.4) is 0 Å². The summed E-state index contributed by atoms with van der Waals surface area (Å²) in [7, 11) is -4.10. The highest BCUT2D eigenvalue weighted by Crippen LogP contribution is 2.41. The molecular weight excluding hydrogens is 570 g/mol. The van der Waals surface area contributed by atoms with E-state index in [1.807, 2.05) is 24.3 Å². The Balaban J connectivity index is 1.43. The van der Waals surface area contributed by atoms with Crippen LogP contribution in [0.15, 0.2) is 70.0 Å². The van der Waals surface area contributed by atoms with E-state index in [0.717, 1.165) is 21.6 Å². The monoisotopic (exact) mass is 593 g/mol. The molecule has 0 saturated heterocycles. The van der Waals surface area contributed by atoms with Crippen molar-refractivity contribution in [3.63, 3.8) is 0 Å². The number of amides is 3. The van der Waals surface area contributed by atoms with E-state index < -0.39 is 27.9 Å². The molecule has 0 unspecified atom stereocenters. The number of imide groups is 1. The molecule has 3 aliphatic heterocycles. The van der Waals surface area contributed by atoms with E-state index in [1.54, 1.807) is 41.3 Å². The Morgan fingerprint density at radius 1 is 0.921 bits per heavy atom. The van der Waals surface area contributed by atoms with E-state index in [4.69, 9.17) is 0 Å². The molecule has 10 heteroatoms. The molecule has 0 spiro atoms. The molecule has 0 bridgehead atoms. The lowest BCUT2D eigenvalue weighted by Gasteiger charge is -2.38. The predicted molar refractivity (Wildman–Crippen MR) is 144 cm³/mol. The Morgan fingerprint density at radius 2 is 1.55 bits per heavy atom. The molecule has 6 rings (SSSR count). The van der Waals surface area contributed by atoms with Gasteiger partial charge in [0.25, 0.3) is 11.8 Å². The molecule has 0 aliphatic carbocycles. The van der Waals surface area contributed by atoms with Crippen LogP contribution in [0.4, 0.5) is 5.69 Å². The first-order valence-corrected chi connectivity index (χ1v) is 14.6. The number of carbonyl (C=O) groups is 3. The number of carbonyl (C=O) groups excluding carboxylic acids is 3. The van der Waals surface area contributed by atoms with E-state index in [9.17, 15) is 22.8 Å². The van der Waals surface area contributed by atoms with Crippen LogP contribution >= 0.6 is 15.9 Å². The van der Waals surface area contributed by atoms with Gasteiger partial charge in [-0.3, -0.25) is 19.3 Å². The summed E-state index contributed by atoms with van der Waals surface area (Å²) in [5, 5.41) is 0. The van der Waals surface area contributed by atoms with Crippen molar-refractivity contribution in [3.05, 3.63) is 93.0 Å². The summed E-state index contributed by atoms with van der Waals surface area (Å²) in [4.78, 5) is 41.4. The maximum absolute atomic E-state index is 14.3. The SMILES string of the molecule is CC(=O)N1CCc2cc(Br)c(S(=O)(=O)N3CCc4ccccc4[C@H]3CN3C(=O)c4ccccc4C3=O)cc21. The zero-order valence-electron chi connectivity index (χ0n) is 20.6. The molecule has 0 aromatic heterocycles. The highest BCUT2D eigenvalue weighted by atomic mass is 79.9. The minimum atomic E-state index is -4.10. The van der Waals surface area contributed by atoms with Gasteiger partial charge in [0.05, 0.1) is 28.6 Å². The molecule has 194 valence electrons. The molecule has 8 nitrogen and oxygen atoms in total. The highest BCUT2D eigenvalue weighted by molar-refractivity contribution is 9.10. The van der Waals surface area contributed by atoms with Gasteiger partial charge in [0.1, 0.15) is 0 Å². The molecule has 0 saturated carbocycles. The van der Waals surface area contributed by atoms with Crippen molar-refractivity contribution >= 4 is 49.4 Å². The molecular formula is C28H24BrN3O5S. The van der Waals surface area contributed by atoms with Crippen LogP contribution in [0.25, 0.3) is 0 Å². The molecule has 3 aliphatic rings. The topological polar surface area (TPSA) is 95.1 Å². The molecule has 3 aromatic rings. The molecule has 3 amide bonds. The normalized spacial score (nSPS) is 18.9. The largest absolute Gasteiger partial charge is 0.312 e. The Labute approximate surface area is 229 Å². The zero-order valence-corrected chi connectivity index (χ0v) is 23.0. The average molecular weight is 594 g/mol. The standard InChI is InChI=1S/C28H24BrN3O5S/c1-17(33)30-12-10-19-14-23(29)26(15-24(19)30)38(36,37)32-13-11-18-6-2-3-7-20(18)25(32)16-31-27(34)21-8-4-5-9-22(21)28(31)35/h2-9,14-15,25H,10-13,16H2,1H3/t25-/m1/s1. The van der Waals surface area contributed by atoms with Gasteiger partial charge in [-0.15, -0.1) is 0 Å². The van der Waals surface area contributed by atoms with E-state index >= 15 is 0 Å². The fraction of sp³-hybridized carbons (Fsp3) is 0.250. The van der Waals surface area contributed by atoms with Crippen molar-refractivity contribution in [1.82, 2.24) is 9.21 Å². The van der Waals surface area contributed by atoms with Crippen molar-refractivity contribution in [2.45, 2.75) is 30.7 Å². The molecule has 0 N–H and O–H groups in total. The van der Waals surface area contributed by atoms with E-state index in [2.05, 4.69) is 15.9 Å². The highest BCUT2D eigenvalue weighted by Gasteiger charge is 2.43. The van der Waals surface area contributed by atoms with Gasteiger partial charge in [-0.05, 0) is 69.7 Å². The first-order chi connectivity index (χ1) is 18.2. The predicted octanol–water partition coefficient (Wildman–Crippen LogP) is 3.94. The maximum atomic E-state index is 14.3. The van der Waals surface area contributed by atoms with Gasteiger partial charge >= 0.3 is 0 Å². The third-order valence-corrected chi connectivity index (χ3v) is 10.5. The number of nitrogens with zero attached hydrogens (tertiary/aromatic N) is 3. The Kier molecular flexibility index (Phi) is 6.01. The van der Waals surface area contributed by atoms with Crippen molar-refractivity contribution in [3.8, 4) is 0 Å². The smallest absolute Gasteiger partial charge is 0.261 e. The van der Waals surface area contributed by atoms with Gasteiger partial charge in [-0.25, -0.2) is 8.42 Å². The minimum absolute atomic E-state index is 0.0520. The van der Waals surface area contributed by atoms with Crippen molar-refractivity contribution in [2.75, 3.05) is 24.5 Å². The first-order valence-electron chi connectivity index (χ1n) is 12.3. The molecule has 38 heavy (non-hydrogen) atoms. The number of hydrogen-bond acceptors (Lipinski definition) is 5. The fourth-order valence-electron chi connectivity index (χ4n) is 5.72. The third kappa shape index (κ3) is 3.81. The Bertz CT molecular complexity index is 1600. The summed E-state index contributed by atoms with van der Waals surface area (Å²) in [5.41, 5.74) is 3.88. The summed E-state index contributed by atoms with van der Waals surface area (Å²) < 4.78 is 30.3. The van der Waals surface area contributed by atoms with Crippen LogP contribution < -0.4 is 4.90 Å². The van der Waals surface area contributed by atoms with Crippen LogP contribution in [-0.4, -0.2) is 55.0 Å². The van der Waals surface area contributed by atoms with Gasteiger partial charge < -0.3 is 4.90 Å². The van der Waals surface area contributed by atoms with Gasteiger partial charge in [0.15, 0.2) is 0 Å². The Morgan fingerprint density at radius 3 is 2.24 bits per heavy atom. The average Bonchev–Trinajstić information content (AvgIpc) is 3.42. The number of halogens is 1. The number of anilines is 1.